The second-order valence-electron chi connectivity index (χ2n) is 2.91. The van der Waals surface area contributed by atoms with Gasteiger partial charge in [0.15, 0.2) is 0 Å². The third kappa shape index (κ3) is 2.63. The molecule has 0 fully saturated rings. The molecular weight excluding hydrogens is 200 g/mol. The maximum Gasteiger partial charge on any atom is 0.342 e. The van der Waals surface area contributed by atoms with E-state index in [0.29, 0.717) is 12.4 Å². The van der Waals surface area contributed by atoms with Crippen molar-refractivity contribution < 1.29 is 14.6 Å². The van der Waals surface area contributed by atoms with Gasteiger partial charge in [-0.3, -0.25) is 4.79 Å². The Morgan fingerprint density at radius 2 is 2.40 bits per heavy atom. The van der Waals surface area contributed by atoms with Crippen LogP contribution in [0.5, 0.6) is 0 Å². The number of nitrogens with one attached hydrogen (secondary N) is 1. The van der Waals surface area contributed by atoms with Crippen LogP contribution in [0.1, 0.15) is 36.1 Å². The van der Waals surface area contributed by atoms with E-state index in [1.54, 1.807) is 6.92 Å². The van der Waals surface area contributed by atoms with Crippen molar-refractivity contribution in [3.8, 4) is 0 Å². The molecule has 0 aromatic carbocycles. The molecule has 0 amide bonds. The van der Waals surface area contributed by atoms with Crippen molar-refractivity contribution >= 4 is 5.97 Å². The average molecular weight is 212 g/mol. The van der Waals surface area contributed by atoms with Gasteiger partial charge in [0.25, 0.3) is 5.56 Å². The zero-order valence-corrected chi connectivity index (χ0v) is 8.48. The van der Waals surface area contributed by atoms with Crippen LogP contribution in [0.3, 0.4) is 0 Å². The molecule has 1 aromatic heterocycles. The lowest BCUT2D eigenvalue weighted by molar-refractivity contribution is 0.0672. The number of hydrogen-bond acceptors (Lipinski definition) is 4. The molecule has 2 N–H and O–H groups in total. The Kier molecular flexibility index (Phi) is 3.56. The summed E-state index contributed by atoms with van der Waals surface area (Å²) in [6.45, 7) is 4.04. The predicted molar refractivity (Wildman–Crippen MR) is 51.9 cm³/mol. The van der Waals surface area contributed by atoms with Gasteiger partial charge in [-0.1, -0.05) is 0 Å². The Morgan fingerprint density at radius 3 is 2.87 bits per heavy atom. The van der Waals surface area contributed by atoms with E-state index >= 15 is 0 Å². The fourth-order valence-electron chi connectivity index (χ4n) is 1.10. The first-order valence-corrected chi connectivity index (χ1v) is 4.50. The van der Waals surface area contributed by atoms with Gasteiger partial charge in [-0.15, -0.1) is 0 Å². The predicted octanol–water partition coefficient (Wildman–Crippen LogP) is 0.566. The maximum absolute atomic E-state index is 11.3. The van der Waals surface area contributed by atoms with E-state index < -0.39 is 11.5 Å². The minimum Gasteiger partial charge on any atom is -0.477 e. The lowest BCUT2D eigenvalue weighted by Gasteiger charge is -2.09. The lowest BCUT2D eigenvalue weighted by Crippen LogP contribution is -2.21. The highest BCUT2D eigenvalue weighted by molar-refractivity contribution is 5.86. The van der Waals surface area contributed by atoms with Crippen molar-refractivity contribution in [3.05, 3.63) is 27.9 Å². The molecule has 1 heterocycles. The quantitative estimate of drug-likeness (QED) is 0.760. The molecule has 0 bridgehead atoms. The molecule has 1 rings (SSSR count). The van der Waals surface area contributed by atoms with Crippen molar-refractivity contribution in [1.29, 1.82) is 0 Å². The van der Waals surface area contributed by atoms with E-state index in [-0.39, 0.29) is 11.7 Å². The smallest absolute Gasteiger partial charge is 0.342 e. The lowest BCUT2D eigenvalue weighted by atomic mass is 10.3. The normalized spacial score (nSPS) is 12.4. The number of nitrogens with zero attached hydrogens (tertiary/aromatic N) is 1. The second-order valence-corrected chi connectivity index (χ2v) is 2.91. The summed E-state index contributed by atoms with van der Waals surface area (Å²) in [7, 11) is 0. The van der Waals surface area contributed by atoms with Crippen LogP contribution < -0.4 is 5.56 Å². The number of aromatic carboxylic acids is 1. The summed E-state index contributed by atoms with van der Waals surface area (Å²) in [6.07, 6.45) is 0.678. The number of carbonyl (C=O) groups is 1. The van der Waals surface area contributed by atoms with Gasteiger partial charge in [0.05, 0.1) is 0 Å². The molecule has 15 heavy (non-hydrogen) atoms. The van der Waals surface area contributed by atoms with Gasteiger partial charge in [0.1, 0.15) is 17.5 Å². The van der Waals surface area contributed by atoms with Gasteiger partial charge < -0.3 is 14.8 Å². The number of carboxylic acids is 1. The molecule has 6 heteroatoms. The molecule has 6 nitrogen and oxygen atoms in total. The van der Waals surface area contributed by atoms with Crippen molar-refractivity contribution in [2.24, 2.45) is 0 Å². The van der Waals surface area contributed by atoms with Gasteiger partial charge in [-0.05, 0) is 13.8 Å². The highest BCUT2D eigenvalue weighted by Gasteiger charge is 2.13. The molecule has 0 radical (unpaired) electrons. The van der Waals surface area contributed by atoms with E-state index in [9.17, 15) is 9.59 Å². The number of aromatic nitrogens is 2. The molecule has 1 unspecified atom stereocenters. The van der Waals surface area contributed by atoms with Gasteiger partial charge in [0.2, 0.25) is 0 Å². The first-order valence-electron chi connectivity index (χ1n) is 4.50. The Morgan fingerprint density at radius 1 is 1.73 bits per heavy atom. The van der Waals surface area contributed by atoms with E-state index in [1.807, 2.05) is 6.92 Å². The Balaban J connectivity index is 3.01. The largest absolute Gasteiger partial charge is 0.477 e. The zero-order valence-electron chi connectivity index (χ0n) is 8.48. The van der Waals surface area contributed by atoms with Crippen molar-refractivity contribution in [2.75, 3.05) is 6.61 Å². The standard InChI is InChI=1S/C9H12N2O4/c1-3-15-5(2)7-10-4-6(9(13)14)8(12)11-7/h4-5H,3H2,1-2H3,(H,13,14)(H,10,11,12). The van der Waals surface area contributed by atoms with E-state index in [4.69, 9.17) is 9.84 Å². The number of H-pyrrole nitrogens is 1. The summed E-state index contributed by atoms with van der Waals surface area (Å²) in [5, 5.41) is 8.61. The topological polar surface area (TPSA) is 92.3 Å². The van der Waals surface area contributed by atoms with Crippen molar-refractivity contribution in [1.82, 2.24) is 9.97 Å². The minimum absolute atomic E-state index is 0.326. The number of carboxylic acid groups (broad SMARTS) is 1. The molecule has 0 spiro atoms. The summed E-state index contributed by atoms with van der Waals surface area (Å²) >= 11 is 0. The van der Waals surface area contributed by atoms with Gasteiger partial charge in [-0.2, -0.15) is 0 Å². The molecule has 0 aliphatic heterocycles. The van der Waals surface area contributed by atoms with Crippen LogP contribution in [0, 0.1) is 0 Å². The fraction of sp³-hybridized carbons (Fsp3) is 0.444. The summed E-state index contributed by atoms with van der Waals surface area (Å²) < 4.78 is 5.20. The Bertz CT molecular complexity index is 413. The molecule has 82 valence electrons. The summed E-state index contributed by atoms with van der Waals surface area (Å²) in [6, 6.07) is 0. The molecule has 0 aliphatic carbocycles. The van der Waals surface area contributed by atoms with Crippen LogP contribution in [0.15, 0.2) is 11.0 Å². The number of ether oxygens (including phenoxy) is 1. The second kappa shape index (κ2) is 4.70. The summed E-state index contributed by atoms with van der Waals surface area (Å²) in [5.74, 6) is -0.966. The van der Waals surface area contributed by atoms with Crippen LogP contribution in [-0.2, 0) is 4.74 Å². The monoisotopic (exact) mass is 212 g/mol. The van der Waals surface area contributed by atoms with E-state index in [2.05, 4.69) is 9.97 Å². The van der Waals surface area contributed by atoms with Crippen molar-refractivity contribution in [2.45, 2.75) is 20.0 Å². The number of hydrogen-bond donors (Lipinski definition) is 2. The third-order valence-electron chi connectivity index (χ3n) is 1.85. The fourth-order valence-corrected chi connectivity index (χ4v) is 1.10. The van der Waals surface area contributed by atoms with Crippen LogP contribution in [-0.4, -0.2) is 27.7 Å². The SMILES string of the molecule is CCOC(C)c1ncc(C(=O)O)c(=O)[nH]1. The van der Waals surface area contributed by atoms with Gasteiger partial charge in [-0.25, -0.2) is 9.78 Å². The molecular formula is C9H12N2O4. The van der Waals surface area contributed by atoms with E-state index in [0.717, 1.165) is 6.20 Å². The maximum atomic E-state index is 11.3. The highest BCUT2D eigenvalue weighted by atomic mass is 16.5. The molecule has 1 aromatic rings. The van der Waals surface area contributed by atoms with Crippen LogP contribution in [0.4, 0.5) is 0 Å². The zero-order chi connectivity index (χ0) is 11.4. The Labute approximate surface area is 85.9 Å². The molecule has 1 atom stereocenters. The van der Waals surface area contributed by atoms with Crippen LogP contribution in [0.2, 0.25) is 0 Å². The average Bonchev–Trinajstić information content (AvgIpc) is 2.17. The highest BCUT2D eigenvalue weighted by Crippen LogP contribution is 2.09. The van der Waals surface area contributed by atoms with Crippen molar-refractivity contribution in [3.63, 3.8) is 0 Å². The van der Waals surface area contributed by atoms with E-state index in [1.165, 1.54) is 0 Å². The third-order valence-corrected chi connectivity index (χ3v) is 1.85. The molecule has 0 saturated heterocycles. The molecule has 0 aliphatic rings. The van der Waals surface area contributed by atoms with Gasteiger partial charge >= 0.3 is 5.97 Å². The minimum atomic E-state index is -1.29. The summed E-state index contributed by atoms with van der Waals surface area (Å²) in [5.41, 5.74) is -1.04. The number of aromatic amines is 1. The number of rotatable bonds is 4. The summed E-state index contributed by atoms with van der Waals surface area (Å²) in [4.78, 5) is 28.0. The van der Waals surface area contributed by atoms with Crippen LogP contribution >= 0.6 is 0 Å². The molecule has 0 saturated carbocycles. The first-order chi connectivity index (χ1) is 7.06. The first kappa shape index (κ1) is 11.4. The van der Waals surface area contributed by atoms with Crippen LogP contribution in [0.25, 0.3) is 0 Å². The Hall–Kier alpha value is -1.69. The van der Waals surface area contributed by atoms with Gasteiger partial charge in [0, 0.05) is 12.8 Å².